The Hall–Kier alpha value is -2.23. The van der Waals surface area contributed by atoms with E-state index in [1.807, 2.05) is 51.1 Å². The van der Waals surface area contributed by atoms with Crippen molar-refractivity contribution >= 4 is 36.0 Å². The molecule has 2 N–H and O–H groups in total. The Morgan fingerprint density at radius 2 is 2.00 bits per heavy atom. The third kappa shape index (κ3) is 8.80. The van der Waals surface area contributed by atoms with Crippen LogP contribution < -0.4 is 10.6 Å². The van der Waals surface area contributed by atoms with Gasteiger partial charge in [-0.05, 0) is 44.9 Å². The average Bonchev–Trinajstić information content (AvgIpc) is 3.37. The zero-order valence-electron chi connectivity index (χ0n) is 18.5. The number of carbonyl (C=O) groups is 1. The fraction of sp³-hybridized carbons (Fsp3) is 0.478. The monoisotopic (exact) mass is 540 g/mol. The molecule has 170 valence electrons. The van der Waals surface area contributed by atoms with Crippen molar-refractivity contribution in [2.45, 2.75) is 51.8 Å². The Balaban J connectivity index is 0.00000341. The van der Waals surface area contributed by atoms with Crippen LogP contribution in [0.25, 0.3) is 0 Å². The molecule has 1 aromatic carbocycles. The number of nitrogens with zero attached hydrogens (tertiary/aromatic N) is 2. The first kappa shape index (κ1) is 25.0. The minimum atomic E-state index is -0.488. The molecule has 0 saturated carbocycles. The number of hydrogen-bond acceptors (Lipinski definition) is 4. The highest BCUT2D eigenvalue weighted by Gasteiger charge is 2.30. The molecule has 1 aliphatic rings. The molecule has 1 atom stereocenters. The van der Waals surface area contributed by atoms with E-state index < -0.39 is 5.60 Å². The van der Waals surface area contributed by atoms with Crippen LogP contribution in [-0.4, -0.2) is 48.2 Å². The topological polar surface area (TPSA) is 79.1 Å². The molecular weight excluding hydrogens is 507 g/mol. The summed E-state index contributed by atoms with van der Waals surface area (Å²) in [5, 5.41) is 6.85. The van der Waals surface area contributed by atoms with Crippen LogP contribution in [0.5, 0.6) is 0 Å². The molecule has 1 aliphatic heterocycles. The van der Waals surface area contributed by atoms with Crippen LogP contribution in [0.4, 0.5) is 4.79 Å². The molecule has 31 heavy (non-hydrogen) atoms. The third-order valence-corrected chi connectivity index (χ3v) is 4.69. The number of nitrogens with one attached hydrogen (secondary N) is 2. The fourth-order valence-electron chi connectivity index (χ4n) is 3.23. The second-order valence-corrected chi connectivity index (χ2v) is 8.46. The molecule has 1 unspecified atom stereocenters. The first-order valence-corrected chi connectivity index (χ1v) is 10.5. The van der Waals surface area contributed by atoms with Gasteiger partial charge in [0.1, 0.15) is 11.4 Å². The van der Waals surface area contributed by atoms with Gasteiger partial charge in [0, 0.05) is 32.1 Å². The van der Waals surface area contributed by atoms with Crippen LogP contribution in [0.15, 0.2) is 58.1 Å². The van der Waals surface area contributed by atoms with Crippen LogP contribution in [0.2, 0.25) is 0 Å². The van der Waals surface area contributed by atoms with Crippen LogP contribution in [-0.2, 0) is 17.7 Å². The van der Waals surface area contributed by atoms with Gasteiger partial charge in [0.05, 0.1) is 12.8 Å². The Labute approximate surface area is 201 Å². The van der Waals surface area contributed by atoms with Gasteiger partial charge in [-0.3, -0.25) is 0 Å². The van der Waals surface area contributed by atoms with E-state index in [1.54, 1.807) is 11.2 Å². The Kier molecular flexibility index (Phi) is 9.67. The van der Waals surface area contributed by atoms with Crippen molar-refractivity contribution in [3.05, 3.63) is 60.1 Å². The van der Waals surface area contributed by atoms with Crippen molar-refractivity contribution in [1.29, 1.82) is 0 Å². The smallest absolute Gasteiger partial charge is 0.410 e. The maximum absolute atomic E-state index is 12.3. The largest absolute Gasteiger partial charge is 0.469 e. The Morgan fingerprint density at radius 3 is 2.68 bits per heavy atom. The molecule has 1 amide bonds. The highest BCUT2D eigenvalue weighted by Crippen LogP contribution is 2.15. The number of carbonyl (C=O) groups excluding carboxylic acids is 1. The number of guanidine groups is 1. The molecule has 2 heterocycles. The molecule has 2 aromatic rings. The molecule has 7 nitrogen and oxygen atoms in total. The number of furan rings is 1. The van der Waals surface area contributed by atoms with Crippen molar-refractivity contribution in [1.82, 2.24) is 15.5 Å². The maximum Gasteiger partial charge on any atom is 0.410 e. The summed E-state index contributed by atoms with van der Waals surface area (Å²) in [5.74, 6) is 1.67. The van der Waals surface area contributed by atoms with E-state index in [1.165, 1.54) is 0 Å². The zero-order chi connectivity index (χ0) is 21.4. The van der Waals surface area contributed by atoms with E-state index in [0.717, 1.165) is 30.1 Å². The van der Waals surface area contributed by atoms with Crippen LogP contribution in [0.1, 0.15) is 38.5 Å². The van der Waals surface area contributed by atoms with Gasteiger partial charge in [-0.25, -0.2) is 9.79 Å². The van der Waals surface area contributed by atoms with Gasteiger partial charge in [-0.1, -0.05) is 30.3 Å². The predicted octanol–water partition coefficient (Wildman–Crippen LogP) is 4.18. The average molecular weight is 540 g/mol. The summed E-state index contributed by atoms with van der Waals surface area (Å²) in [5.41, 5.74) is 0.657. The molecule has 0 aliphatic carbocycles. The van der Waals surface area contributed by atoms with E-state index in [-0.39, 0.29) is 36.1 Å². The van der Waals surface area contributed by atoms with Gasteiger partial charge in [0.15, 0.2) is 5.96 Å². The first-order valence-electron chi connectivity index (χ1n) is 10.5. The van der Waals surface area contributed by atoms with E-state index in [2.05, 4.69) is 22.8 Å². The number of benzene rings is 1. The lowest BCUT2D eigenvalue weighted by Gasteiger charge is -2.24. The van der Waals surface area contributed by atoms with Crippen LogP contribution in [0, 0.1) is 0 Å². The SMILES string of the molecule is CC(C)(C)OC(=O)N1CCC(NC(=NCc2ccccc2)NCCc2ccco2)C1.I. The summed E-state index contributed by atoms with van der Waals surface area (Å²) in [6.07, 6.45) is 3.04. The molecule has 0 bridgehead atoms. The minimum absolute atomic E-state index is 0. The van der Waals surface area contributed by atoms with Gasteiger partial charge < -0.3 is 24.7 Å². The summed E-state index contributed by atoms with van der Waals surface area (Å²) in [4.78, 5) is 18.8. The summed E-state index contributed by atoms with van der Waals surface area (Å²) in [6.45, 7) is 8.20. The number of rotatable bonds is 6. The second kappa shape index (κ2) is 12.0. The quantitative estimate of drug-likeness (QED) is 0.327. The summed E-state index contributed by atoms with van der Waals surface area (Å²) < 4.78 is 10.9. The second-order valence-electron chi connectivity index (χ2n) is 8.46. The summed E-state index contributed by atoms with van der Waals surface area (Å²) in [6, 6.07) is 14.1. The highest BCUT2D eigenvalue weighted by molar-refractivity contribution is 14.0. The van der Waals surface area contributed by atoms with E-state index in [4.69, 9.17) is 14.1 Å². The van der Waals surface area contributed by atoms with Crippen molar-refractivity contribution in [2.75, 3.05) is 19.6 Å². The highest BCUT2D eigenvalue weighted by atomic mass is 127. The lowest BCUT2D eigenvalue weighted by molar-refractivity contribution is 0.0292. The normalized spacial score (nSPS) is 16.5. The number of halogens is 1. The van der Waals surface area contributed by atoms with Gasteiger partial charge in [0.25, 0.3) is 0 Å². The van der Waals surface area contributed by atoms with Crippen molar-refractivity contribution in [3.8, 4) is 0 Å². The molecule has 1 saturated heterocycles. The number of aliphatic imine (C=N–C) groups is 1. The number of hydrogen-bond donors (Lipinski definition) is 2. The third-order valence-electron chi connectivity index (χ3n) is 4.69. The zero-order valence-corrected chi connectivity index (χ0v) is 20.8. The number of amides is 1. The number of likely N-dealkylation sites (tertiary alicyclic amines) is 1. The molecule has 0 radical (unpaired) electrons. The Morgan fingerprint density at radius 1 is 1.23 bits per heavy atom. The summed E-state index contributed by atoms with van der Waals surface area (Å²) >= 11 is 0. The van der Waals surface area contributed by atoms with Gasteiger partial charge in [-0.15, -0.1) is 24.0 Å². The Bertz CT molecular complexity index is 819. The van der Waals surface area contributed by atoms with Crippen molar-refractivity contribution in [2.24, 2.45) is 4.99 Å². The van der Waals surface area contributed by atoms with Crippen LogP contribution >= 0.6 is 24.0 Å². The van der Waals surface area contributed by atoms with Crippen LogP contribution in [0.3, 0.4) is 0 Å². The first-order chi connectivity index (χ1) is 14.4. The minimum Gasteiger partial charge on any atom is -0.469 e. The van der Waals surface area contributed by atoms with E-state index in [0.29, 0.717) is 26.2 Å². The predicted molar refractivity (Wildman–Crippen MR) is 133 cm³/mol. The lowest BCUT2D eigenvalue weighted by Crippen LogP contribution is -2.46. The van der Waals surface area contributed by atoms with Crippen molar-refractivity contribution < 1.29 is 13.9 Å². The fourth-order valence-corrected chi connectivity index (χ4v) is 3.23. The standard InChI is InChI=1S/C23H32N4O3.HI/c1-23(2,3)30-22(28)27-14-12-19(17-27)26-21(24-13-11-20-10-7-15-29-20)25-16-18-8-5-4-6-9-18;/h4-10,15,19H,11-14,16-17H2,1-3H3,(H2,24,25,26);1H. The van der Waals surface area contributed by atoms with Gasteiger partial charge in [0.2, 0.25) is 0 Å². The number of ether oxygens (including phenoxy) is 1. The molecule has 8 heteroatoms. The molecule has 1 aromatic heterocycles. The lowest BCUT2D eigenvalue weighted by atomic mass is 10.2. The molecular formula is C23H33IN4O3. The molecule has 0 spiro atoms. The molecule has 3 rings (SSSR count). The molecule has 1 fully saturated rings. The van der Waals surface area contributed by atoms with Gasteiger partial charge in [-0.2, -0.15) is 0 Å². The van der Waals surface area contributed by atoms with E-state index >= 15 is 0 Å². The van der Waals surface area contributed by atoms with E-state index in [9.17, 15) is 4.79 Å². The van der Waals surface area contributed by atoms with Gasteiger partial charge >= 0.3 is 6.09 Å². The van der Waals surface area contributed by atoms with Crippen molar-refractivity contribution in [3.63, 3.8) is 0 Å². The summed E-state index contributed by atoms with van der Waals surface area (Å²) in [7, 11) is 0. The maximum atomic E-state index is 12.3.